The number of fused-ring (bicyclic) bond motifs is 2. The molecule has 2 aliphatic heterocycles. The van der Waals surface area contributed by atoms with Gasteiger partial charge in [-0.05, 0) is 68.5 Å². The van der Waals surface area contributed by atoms with E-state index < -0.39 is 0 Å². The number of likely N-dealkylation sites (tertiary alicyclic amines) is 1. The van der Waals surface area contributed by atoms with Crippen LogP contribution in [0.2, 0.25) is 0 Å². The number of rotatable bonds is 3. The third kappa shape index (κ3) is 2.75. The molecule has 1 aliphatic carbocycles. The van der Waals surface area contributed by atoms with Crippen LogP contribution in [0.5, 0.6) is 0 Å². The van der Waals surface area contributed by atoms with Gasteiger partial charge in [0.2, 0.25) is 5.91 Å². The first-order valence-electron chi connectivity index (χ1n) is 9.33. The number of carbonyl (C=O) groups excluding carboxylic acids is 1. The number of benzene rings is 1. The molecule has 0 bridgehead atoms. The maximum atomic E-state index is 13.9. The Balaban J connectivity index is 1.62. The molecule has 1 aromatic rings. The Hall–Kier alpha value is -1.42. The zero-order chi connectivity index (χ0) is 16.9. The second kappa shape index (κ2) is 5.83. The molecular formula is C20H27FN2O. The summed E-state index contributed by atoms with van der Waals surface area (Å²) in [6.07, 6.45) is 5.28. The summed E-state index contributed by atoms with van der Waals surface area (Å²) in [5.74, 6) is 0.338. The first-order chi connectivity index (χ1) is 11.5. The summed E-state index contributed by atoms with van der Waals surface area (Å²) in [4.78, 5) is 17.3. The number of halogens is 1. The van der Waals surface area contributed by atoms with Gasteiger partial charge in [0.15, 0.2) is 0 Å². The molecule has 2 fully saturated rings. The summed E-state index contributed by atoms with van der Waals surface area (Å²) < 4.78 is 13.9. The minimum Gasteiger partial charge on any atom is -0.311 e. The van der Waals surface area contributed by atoms with E-state index in [0.29, 0.717) is 12.3 Å². The summed E-state index contributed by atoms with van der Waals surface area (Å²) in [5.41, 5.74) is 1.96. The molecule has 4 heteroatoms. The molecule has 0 atom stereocenters. The topological polar surface area (TPSA) is 23.6 Å². The zero-order valence-corrected chi connectivity index (χ0v) is 14.7. The molecule has 130 valence electrons. The lowest BCUT2D eigenvalue weighted by molar-refractivity contribution is -0.119. The minimum atomic E-state index is -0.184. The lowest BCUT2D eigenvalue weighted by Crippen LogP contribution is -2.46. The van der Waals surface area contributed by atoms with E-state index in [-0.39, 0.29) is 17.1 Å². The van der Waals surface area contributed by atoms with E-state index in [0.717, 1.165) is 49.8 Å². The Labute approximate surface area is 143 Å². The highest BCUT2D eigenvalue weighted by Gasteiger charge is 2.47. The summed E-state index contributed by atoms with van der Waals surface area (Å²) in [6.45, 7) is 7.03. The fourth-order valence-electron chi connectivity index (χ4n) is 4.51. The molecule has 1 amide bonds. The molecule has 1 spiro atoms. The van der Waals surface area contributed by atoms with Crippen molar-refractivity contribution in [1.82, 2.24) is 4.90 Å². The first kappa shape index (κ1) is 16.1. The third-order valence-electron chi connectivity index (χ3n) is 5.98. The van der Waals surface area contributed by atoms with Crippen molar-refractivity contribution in [2.75, 3.05) is 24.5 Å². The number of nitrogens with zero attached hydrogens (tertiary/aromatic N) is 2. The van der Waals surface area contributed by atoms with Gasteiger partial charge in [0.25, 0.3) is 0 Å². The van der Waals surface area contributed by atoms with E-state index in [1.807, 2.05) is 11.0 Å². The van der Waals surface area contributed by atoms with Crippen molar-refractivity contribution in [2.45, 2.75) is 57.4 Å². The molecule has 3 nitrogen and oxygen atoms in total. The van der Waals surface area contributed by atoms with Crippen molar-refractivity contribution in [1.29, 1.82) is 0 Å². The van der Waals surface area contributed by atoms with Crippen LogP contribution >= 0.6 is 0 Å². The molecular weight excluding hydrogens is 303 g/mol. The van der Waals surface area contributed by atoms with Crippen molar-refractivity contribution in [3.63, 3.8) is 0 Å². The van der Waals surface area contributed by atoms with Gasteiger partial charge < -0.3 is 9.80 Å². The standard InChI is InChI=1S/C20H27FN2O/c1-14(2)11-19(24)23-13-20(17-12-15(21)3-6-18(17)23)7-9-22(10-8-20)16-4-5-16/h3,6,12,14,16H,4-5,7-11,13H2,1-2H3. The molecule has 24 heavy (non-hydrogen) atoms. The van der Waals surface area contributed by atoms with Crippen LogP contribution < -0.4 is 4.90 Å². The lowest BCUT2D eigenvalue weighted by atomic mass is 9.74. The van der Waals surface area contributed by atoms with Crippen LogP contribution in [0.25, 0.3) is 0 Å². The van der Waals surface area contributed by atoms with E-state index in [1.165, 1.54) is 18.9 Å². The van der Waals surface area contributed by atoms with E-state index in [2.05, 4.69) is 18.7 Å². The molecule has 0 N–H and O–H groups in total. The number of anilines is 1. The maximum absolute atomic E-state index is 13.9. The van der Waals surface area contributed by atoms with Crippen molar-refractivity contribution < 1.29 is 9.18 Å². The quantitative estimate of drug-likeness (QED) is 0.843. The van der Waals surface area contributed by atoms with Gasteiger partial charge in [-0.25, -0.2) is 4.39 Å². The molecule has 0 radical (unpaired) electrons. The number of hydrogen-bond donors (Lipinski definition) is 0. The largest absolute Gasteiger partial charge is 0.311 e. The monoisotopic (exact) mass is 330 g/mol. The van der Waals surface area contributed by atoms with Crippen LogP contribution in [-0.2, 0) is 10.2 Å². The van der Waals surface area contributed by atoms with Gasteiger partial charge in [0, 0.05) is 30.1 Å². The Bertz CT molecular complexity index is 645. The number of amides is 1. The highest BCUT2D eigenvalue weighted by atomic mass is 19.1. The average Bonchev–Trinajstić information content (AvgIpc) is 3.33. The Morgan fingerprint density at radius 3 is 2.62 bits per heavy atom. The highest BCUT2D eigenvalue weighted by molar-refractivity contribution is 5.96. The van der Waals surface area contributed by atoms with E-state index >= 15 is 0 Å². The van der Waals surface area contributed by atoms with E-state index in [4.69, 9.17) is 0 Å². The molecule has 1 saturated heterocycles. The number of hydrogen-bond acceptors (Lipinski definition) is 2. The van der Waals surface area contributed by atoms with Gasteiger partial charge in [0.1, 0.15) is 5.82 Å². The van der Waals surface area contributed by atoms with Crippen LogP contribution in [0.3, 0.4) is 0 Å². The van der Waals surface area contributed by atoms with Gasteiger partial charge in [0.05, 0.1) is 0 Å². The summed E-state index contributed by atoms with van der Waals surface area (Å²) >= 11 is 0. The van der Waals surface area contributed by atoms with Crippen LogP contribution in [0.15, 0.2) is 18.2 Å². The molecule has 0 unspecified atom stereocenters. The van der Waals surface area contributed by atoms with Gasteiger partial charge in [-0.2, -0.15) is 0 Å². The summed E-state index contributed by atoms with van der Waals surface area (Å²) in [5, 5.41) is 0. The van der Waals surface area contributed by atoms with Gasteiger partial charge in [-0.15, -0.1) is 0 Å². The van der Waals surface area contributed by atoms with Crippen LogP contribution in [0.1, 0.15) is 51.5 Å². The zero-order valence-electron chi connectivity index (χ0n) is 14.7. The Morgan fingerprint density at radius 1 is 1.29 bits per heavy atom. The predicted molar refractivity (Wildman–Crippen MR) is 93.7 cm³/mol. The number of piperidine rings is 1. The molecule has 4 rings (SSSR count). The molecule has 1 aromatic carbocycles. The highest BCUT2D eigenvalue weighted by Crippen LogP contribution is 2.48. The van der Waals surface area contributed by atoms with Crippen LogP contribution in [0.4, 0.5) is 10.1 Å². The Morgan fingerprint density at radius 2 is 2.00 bits per heavy atom. The van der Waals surface area contributed by atoms with Crippen molar-refractivity contribution >= 4 is 11.6 Å². The second-order valence-electron chi connectivity index (χ2n) is 8.29. The van der Waals surface area contributed by atoms with Crippen molar-refractivity contribution in [3.05, 3.63) is 29.6 Å². The first-order valence-corrected chi connectivity index (χ1v) is 9.33. The number of carbonyl (C=O) groups is 1. The summed E-state index contributed by atoms with van der Waals surface area (Å²) in [6, 6.07) is 5.78. The molecule has 3 aliphatic rings. The summed E-state index contributed by atoms with van der Waals surface area (Å²) in [7, 11) is 0. The van der Waals surface area contributed by atoms with Crippen molar-refractivity contribution in [2.24, 2.45) is 5.92 Å². The molecule has 1 saturated carbocycles. The molecule has 2 heterocycles. The fraction of sp³-hybridized carbons (Fsp3) is 0.650. The van der Waals surface area contributed by atoms with Crippen LogP contribution in [0, 0.1) is 11.7 Å². The van der Waals surface area contributed by atoms with Gasteiger partial charge >= 0.3 is 0 Å². The van der Waals surface area contributed by atoms with Gasteiger partial charge in [-0.1, -0.05) is 13.8 Å². The third-order valence-corrected chi connectivity index (χ3v) is 5.98. The smallest absolute Gasteiger partial charge is 0.227 e. The normalized spacial score (nSPS) is 23.1. The molecule has 0 aromatic heterocycles. The lowest BCUT2D eigenvalue weighted by Gasteiger charge is -2.40. The average molecular weight is 330 g/mol. The Kier molecular flexibility index (Phi) is 3.91. The van der Waals surface area contributed by atoms with Crippen molar-refractivity contribution in [3.8, 4) is 0 Å². The second-order valence-corrected chi connectivity index (χ2v) is 8.29. The predicted octanol–water partition coefficient (Wildman–Crippen LogP) is 3.71. The van der Waals surface area contributed by atoms with E-state index in [1.54, 1.807) is 6.07 Å². The fourth-order valence-corrected chi connectivity index (χ4v) is 4.51. The van der Waals surface area contributed by atoms with Crippen LogP contribution in [-0.4, -0.2) is 36.5 Å². The van der Waals surface area contributed by atoms with E-state index in [9.17, 15) is 9.18 Å². The minimum absolute atomic E-state index is 0.0462. The van der Waals surface area contributed by atoms with Gasteiger partial charge in [-0.3, -0.25) is 4.79 Å². The SMILES string of the molecule is CC(C)CC(=O)N1CC2(CCN(C3CC3)CC2)c2cc(F)ccc21. The maximum Gasteiger partial charge on any atom is 0.227 e.